The Balaban J connectivity index is 0. The molecule has 0 rings (SSSR count). The smallest absolute Gasteiger partial charge is 0.334 e. The van der Waals surface area contributed by atoms with E-state index in [1.54, 1.807) is 27.7 Å². The van der Waals surface area contributed by atoms with E-state index in [0.717, 1.165) is 12.8 Å². The molecule has 0 aromatic carbocycles. The third kappa shape index (κ3) is 15.2. The lowest BCUT2D eigenvalue weighted by molar-refractivity contribution is -0.150. The molecule has 6 heteroatoms. The Morgan fingerprint density at radius 1 is 1.08 bits per heavy atom. The summed E-state index contributed by atoms with van der Waals surface area (Å²) in [6.07, 6.45) is 3.60. The van der Waals surface area contributed by atoms with Crippen molar-refractivity contribution in [3.63, 3.8) is 0 Å². The number of rotatable bonds is 8. The first-order chi connectivity index (χ1) is 11.8. The zero-order valence-corrected chi connectivity index (χ0v) is 16.8. The van der Waals surface area contributed by atoms with Crippen LogP contribution in [0.1, 0.15) is 60.8 Å². The molecule has 0 aliphatic carbocycles. The van der Waals surface area contributed by atoms with E-state index < -0.39 is 17.5 Å². The predicted molar refractivity (Wildman–Crippen MR) is 102 cm³/mol. The molecule has 0 aromatic heterocycles. The maximum atomic E-state index is 11.4. The summed E-state index contributed by atoms with van der Waals surface area (Å²) in [5, 5.41) is 8.61. The minimum atomic E-state index is -1.00. The van der Waals surface area contributed by atoms with E-state index in [-0.39, 0.29) is 23.5 Å². The highest BCUT2D eigenvalue weighted by Crippen LogP contribution is 2.13. The zero-order chi connectivity index (χ0) is 20.9. The van der Waals surface area contributed by atoms with Crippen LogP contribution in [0, 0.1) is 0 Å². The minimum absolute atomic E-state index is 0.185. The van der Waals surface area contributed by atoms with Gasteiger partial charge in [-0.3, -0.25) is 0 Å². The van der Waals surface area contributed by atoms with Crippen molar-refractivity contribution in [2.75, 3.05) is 6.61 Å². The van der Waals surface area contributed by atoms with Gasteiger partial charge in [0.1, 0.15) is 5.60 Å². The summed E-state index contributed by atoms with van der Waals surface area (Å²) < 4.78 is 9.88. The van der Waals surface area contributed by atoms with Crippen molar-refractivity contribution in [2.24, 2.45) is 0 Å². The summed E-state index contributed by atoms with van der Waals surface area (Å²) >= 11 is 0. The Hall–Kier alpha value is -2.37. The third-order valence-electron chi connectivity index (χ3n) is 2.76. The number of carbonyl (C=O) groups excluding carboxylic acids is 2. The molecule has 0 aliphatic rings. The van der Waals surface area contributed by atoms with E-state index in [1.807, 2.05) is 0 Å². The van der Waals surface area contributed by atoms with Crippen LogP contribution in [0.2, 0.25) is 0 Å². The number of carbonyl (C=O) groups is 3. The van der Waals surface area contributed by atoms with Crippen LogP contribution in [0.4, 0.5) is 0 Å². The van der Waals surface area contributed by atoms with Crippen LogP contribution in [-0.4, -0.2) is 35.2 Å². The lowest BCUT2D eigenvalue weighted by atomic mass is 10.1. The first-order valence-electron chi connectivity index (χ1n) is 8.45. The van der Waals surface area contributed by atoms with Gasteiger partial charge < -0.3 is 14.6 Å². The first-order valence-corrected chi connectivity index (χ1v) is 8.45. The van der Waals surface area contributed by atoms with Crippen LogP contribution >= 0.6 is 0 Å². The Bertz CT molecular complexity index is 549. The van der Waals surface area contributed by atoms with E-state index in [2.05, 4.69) is 20.1 Å². The molecule has 0 bridgehead atoms. The van der Waals surface area contributed by atoms with Crippen molar-refractivity contribution in [2.45, 2.75) is 66.4 Å². The quantitative estimate of drug-likeness (QED) is 0.392. The highest BCUT2D eigenvalue weighted by atomic mass is 16.6. The summed E-state index contributed by atoms with van der Waals surface area (Å²) in [4.78, 5) is 32.6. The fourth-order valence-corrected chi connectivity index (χ4v) is 1.23. The van der Waals surface area contributed by atoms with Gasteiger partial charge in [0.25, 0.3) is 0 Å². The number of esters is 2. The second kappa shape index (κ2) is 12.9. The molecule has 1 N–H and O–H groups in total. The Morgan fingerprint density at radius 2 is 1.62 bits per heavy atom. The van der Waals surface area contributed by atoms with Crippen molar-refractivity contribution >= 4 is 17.9 Å². The number of allylic oxidation sites excluding steroid dienone is 1. The minimum Gasteiger partial charge on any atom is -0.478 e. The van der Waals surface area contributed by atoms with Crippen LogP contribution in [0.15, 0.2) is 36.0 Å². The normalized spacial score (nSPS) is 10.9. The van der Waals surface area contributed by atoms with Gasteiger partial charge in [0.2, 0.25) is 0 Å². The summed E-state index contributed by atoms with van der Waals surface area (Å²) in [6.45, 7) is 18.0. The maximum Gasteiger partial charge on any atom is 0.334 e. The lowest BCUT2D eigenvalue weighted by Crippen LogP contribution is -2.24. The Morgan fingerprint density at radius 3 is 2.00 bits per heavy atom. The van der Waals surface area contributed by atoms with E-state index in [0.29, 0.717) is 12.2 Å². The van der Waals surface area contributed by atoms with Gasteiger partial charge in [-0.1, -0.05) is 32.6 Å². The molecular formula is C20H32O6. The number of hydrogen-bond acceptors (Lipinski definition) is 5. The molecule has 0 saturated carbocycles. The van der Waals surface area contributed by atoms with Crippen molar-refractivity contribution < 1.29 is 29.0 Å². The molecule has 0 saturated heterocycles. The van der Waals surface area contributed by atoms with Crippen LogP contribution in [0.25, 0.3) is 0 Å². The number of aliphatic carboxylic acids is 1. The molecule has 0 unspecified atom stereocenters. The molecule has 148 valence electrons. The predicted octanol–water partition coefficient (Wildman–Crippen LogP) is 4.21. The molecule has 0 aromatic rings. The van der Waals surface area contributed by atoms with Gasteiger partial charge in [-0.2, -0.15) is 0 Å². The van der Waals surface area contributed by atoms with E-state index in [9.17, 15) is 14.4 Å². The average molecular weight is 368 g/mol. The molecule has 0 atom stereocenters. The zero-order valence-electron chi connectivity index (χ0n) is 16.8. The molecule has 0 heterocycles. The van der Waals surface area contributed by atoms with Crippen LogP contribution in [0.5, 0.6) is 0 Å². The van der Waals surface area contributed by atoms with Crippen molar-refractivity contribution in [1.82, 2.24) is 0 Å². The number of hydrogen-bond donors (Lipinski definition) is 1. The van der Waals surface area contributed by atoms with Crippen molar-refractivity contribution in [3.8, 4) is 0 Å². The second-order valence-corrected chi connectivity index (χ2v) is 6.77. The molecule has 0 amide bonds. The fraction of sp³-hybridized carbons (Fsp3) is 0.550. The van der Waals surface area contributed by atoms with Crippen LogP contribution in [-0.2, 0) is 23.9 Å². The van der Waals surface area contributed by atoms with Gasteiger partial charge in [-0.25, -0.2) is 14.4 Å². The Kier molecular flexibility index (Phi) is 12.8. The van der Waals surface area contributed by atoms with E-state index in [1.165, 1.54) is 13.0 Å². The summed E-state index contributed by atoms with van der Waals surface area (Å²) in [7, 11) is 0. The van der Waals surface area contributed by atoms with Gasteiger partial charge in [-0.05, 0) is 47.5 Å². The van der Waals surface area contributed by atoms with Gasteiger partial charge >= 0.3 is 17.9 Å². The summed E-state index contributed by atoms with van der Waals surface area (Å²) in [5.41, 5.74) is 0.335. The fourth-order valence-electron chi connectivity index (χ4n) is 1.23. The average Bonchev–Trinajstić information content (AvgIpc) is 2.50. The number of carboxylic acids is 1. The molecule has 0 spiro atoms. The molecule has 0 aliphatic heterocycles. The number of ether oxygens (including phenoxy) is 2. The standard InChI is InChI=1S/C12H18O4.C8H14O2/c1-8(10(13)14)6-7-9(2)11(15)16-12(3,4)5;1-4-5-6-10-8(9)7(2)3/h6H,2,7H2,1,3-5H3,(H,13,14);2,4-6H2,1,3H3. The maximum absolute atomic E-state index is 11.4. The van der Waals surface area contributed by atoms with Crippen LogP contribution in [0.3, 0.4) is 0 Å². The second-order valence-electron chi connectivity index (χ2n) is 6.77. The number of carboxylic acid groups (broad SMARTS) is 1. The molecular weight excluding hydrogens is 336 g/mol. The van der Waals surface area contributed by atoms with E-state index >= 15 is 0 Å². The molecule has 6 nitrogen and oxygen atoms in total. The first kappa shape index (κ1) is 25.9. The monoisotopic (exact) mass is 368 g/mol. The van der Waals surface area contributed by atoms with E-state index in [4.69, 9.17) is 14.6 Å². The van der Waals surface area contributed by atoms with Gasteiger partial charge in [-0.15, -0.1) is 0 Å². The SMILES string of the molecule is C=C(C)C(=O)OCCCC.C=C(CC=C(C)C(=O)O)C(=O)OC(C)(C)C. The van der Waals surface area contributed by atoms with Gasteiger partial charge in [0, 0.05) is 16.7 Å². The van der Waals surface area contributed by atoms with Gasteiger partial charge in [0.15, 0.2) is 0 Å². The molecule has 0 fully saturated rings. The summed E-state index contributed by atoms with van der Waals surface area (Å²) in [6, 6.07) is 0. The van der Waals surface area contributed by atoms with Gasteiger partial charge in [0.05, 0.1) is 6.61 Å². The highest BCUT2D eigenvalue weighted by Gasteiger charge is 2.18. The number of unbranched alkanes of at least 4 members (excludes halogenated alkanes) is 1. The largest absolute Gasteiger partial charge is 0.478 e. The van der Waals surface area contributed by atoms with Crippen molar-refractivity contribution in [3.05, 3.63) is 36.0 Å². The lowest BCUT2D eigenvalue weighted by Gasteiger charge is -2.19. The molecule has 26 heavy (non-hydrogen) atoms. The molecule has 0 radical (unpaired) electrons. The van der Waals surface area contributed by atoms with Crippen molar-refractivity contribution in [1.29, 1.82) is 0 Å². The third-order valence-corrected chi connectivity index (χ3v) is 2.76. The van der Waals surface area contributed by atoms with Crippen LogP contribution < -0.4 is 0 Å². The Labute approximate surface area is 156 Å². The highest BCUT2D eigenvalue weighted by molar-refractivity contribution is 5.89. The topological polar surface area (TPSA) is 89.9 Å². The summed E-state index contributed by atoms with van der Waals surface area (Å²) in [5.74, 6) is -1.78.